The van der Waals surface area contributed by atoms with Crippen molar-refractivity contribution in [2.24, 2.45) is 0 Å². The van der Waals surface area contributed by atoms with E-state index in [1.54, 1.807) is 10.9 Å². The molecule has 15 heteroatoms. The Balaban J connectivity index is 1.68. The molecule has 42 heavy (non-hydrogen) atoms. The number of carbonyl (C=O) groups excluding carboxylic acids is 1. The molecular formula is C27H49N8O6P. The standard InChI is InChI=1S/C27H49N8O6P/c1-5-9-14-40-25(36)20(7-3)33-42(38,34-21(8-4)26(37)41-15-10-6-2)18-39-16-13-35-17-29-22-23(30-19-11-12-19)31-27(28)32-24(22)35/h17,19-21,25,36H,5-16,18H2,1-4H3,(H2,33,34,38)(H3,28,30,31,32). The Morgan fingerprint density at radius 3 is 2.52 bits per heavy atom. The van der Waals surface area contributed by atoms with E-state index in [1.165, 1.54) is 0 Å². The Hall–Kier alpha value is -2.35. The molecule has 6 N–H and O–H groups in total. The lowest BCUT2D eigenvalue weighted by molar-refractivity contribution is -0.145. The zero-order valence-electron chi connectivity index (χ0n) is 25.4. The number of aromatic nitrogens is 4. The predicted octanol–water partition coefficient (Wildman–Crippen LogP) is 3.36. The number of rotatable bonds is 22. The van der Waals surface area contributed by atoms with Crippen LogP contribution in [0.4, 0.5) is 11.8 Å². The van der Waals surface area contributed by atoms with E-state index in [9.17, 15) is 14.5 Å². The number of nitrogens with one attached hydrogen (secondary N) is 3. The fraction of sp³-hybridized carbons (Fsp3) is 0.778. The number of hydrogen-bond donors (Lipinski definition) is 5. The second kappa shape index (κ2) is 17.1. The smallest absolute Gasteiger partial charge is 0.323 e. The number of ether oxygens (including phenoxy) is 3. The molecule has 0 amide bonds. The van der Waals surface area contributed by atoms with Gasteiger partial charge in [0.25, 0.3) is 0 Å². The first-order valence-electron chi connectivity index (χ1n) is 15.2. The van der Waals surface area contributed by atoms with E-state index in [-0.39, 0.29) is 18.9 Å². The molecule has 1 aliphatic rings. The summed E-state index contributed by atoms with van der Waals surface area (Å²) in [6.45, 7) is 8.94. The van der Waals surface area contributed by atoms with Gasteiger partial charge in [0, 0.05) is 19.2 Å². The van der Waals surface area contributed by atoms with Crippen molar-refractivity contribution in [3.63, 3.8) is 0 Å². The van der Waals surface area contributed by atoms with Crippen molar-refractivity contribution < 1.29 is 28.7 Å². The number of anilines is 2. The molecule has 4 unspecified atom stereocenters. The van der Waals surface area contributed by atoms with E-state index in [2.05, 4.69) is 30.4 Å². The summed E-state index contributed by atoms with van der Waals surface area (Å²) >= 11 is 0. The summed E-state index contributed by atoms with van der Waals surface area (Å²) in [5, 5.41) is 20.0. The van der Waals surface area contributed by atoms with Gasteiger partial charge < -0.3 is 34.9 Å². The van der Waals surface area contributed by atoms with Crippen LogP contribution in [0.25, 0.3) is 11.2 Å². The van der Waals surface area contributed by atoms with Gasteiger partial charge in [-0.15, -0.1) is 0 Å². The first-order chi connectivity index (χ1) is 20.2. The molecule has 4 atom stereocenters. The largest absolute Gasteiger partial charge is 0.465 e. The van der Waals surface area contributed by atoms with Gasteiger partial charge in [0.2, 0.25) is 13.4 Å². The third kappa shape index (κ3) is 10.4. The van der Waals surface area contributed by atoms with Gasteiger partial charge in [0.1, 0.15) is 12.4 Å². The van der Waals surface area contributed by atoms with Gasteiger partial charge in [0.05, 0.1) is 25.6 Å². The molecule has 1 fully saturated rings. The minimum absolute atomic E-state index is 0.146. The molecule has 2 aromatic heterocycles. The van der Waals surface area contributed by atoms with Gasteiger partial charge in [-0.25, -0.2) is 15.2 Å². The lowest BCUT2D eigenvalue weighted by atomic mass is 10.2. The third-order valence-corrected chi connectivity index (χ3v) is 8.92. The molecule has 14 nitrogen and oxygen atoms in total. The van der Waals surface area contributed by atoms with Crippen LogP contribution in [0, 0.1) is 0 Å². The molecule has 0 bridgehead atoms. The molecular weight excluding hydrogens is 563 g/mol. The van der Waals surface area contributed by atoms with Crippen LogP contribution in [0.1, 0.15) is 79.1 Å². The maximum Gasteiger partial charge on any atom is 0.323 e. The van der Waals surface area contributed by atoms with Gasteiger partial charge in [-0.2, -0.15) is 9.97 Å². The molecule has 238 valence electrons. The van der Waals surface area contributed by atoms with E-state index < -0.39 is 31.8 Å². The van der Waals surface area contributed by atoms with Gasteiger partial charge in [-0.3, -0.25) is 9.36 Å². The number of nitrogens with two attached hydrogens (primary N) is 1. The summed E-state index contributed by atoms with van der Waals surface area (Å²) in [6, 6.07) is -1.08. The first-order valence-corrected chi connectivity index (χ1v) is 17.1. The Kier molecular flexibility index (Phi) is 13.9. The fourth-order valence-electron chi connectivity index (χ4n) is 4.18. The average Bonchev–Trinajstić information content (AvgIpc) is 3.70. The molecule has 1 aliphatic carbocycles. The predicted molar refractivity (Wildman–Crippen MR) is 162 cm³/mol. The zero-order valence-corrected chi connectivity index (χ0v) is 26.3. The number of fused-ring (bicyclic) bond motifs is 1. The second-order valence-electron chi connectivity index (χ2n) is 10.6. The summed E-state index contributed by atoms with van der Waals surface area (Å²) < 4.78 is 32.9. The van der Waals surface area contributed by atoms with Crippen LogP contribution in [-0.4, -0.2) is 81.2 Å². The summed E-state index contributed by atoms with van der Waals surface area (Å²) in [7, 11) is -3.57. The van der Waals surface area contributed by atoms with Crippen molar-refractivity contribution in [1.82, 2.24) is 29.7 Å². The van der Waals surface area contributed by atoms with Crippen molar-refractivity contribution >= 4 is 36.3 Å². The highest BCUT2D eigenvalue weighted by Gasteiger charge is 2.34. The Labute approximate surface area is 248 Å². The number of carbonyl (C=O) groups is 1. The maximum absolute atomic E-state index is 14.2. The molecule has 1 saturated carbocycles. The van der Waals surface area contributed by atoms with E-state index in [4.69, 9.17) is 19.9 Å². The Bertz CT molecular complexity index is 1160. The SMILES string of the molecule is CCCCOC(=O)C(CC)NP(=O)(COCCn1cnc2c(NC3CC3)nc(N)nc21)NC(CC)C(O)OCCCC. The topological polar surface area (TPSA) is 188 Å². The van der Waals surface area contributed by atoms with Crippen molar-refractivity contribution in [2.45, 2.75) is 110 Å². The van der Waals surface area contributed by atoms with Crippen LogP contribution >= 0.6 is 7.44 Å². The number of nitrogens with zero attached hydrogens (tertiary/aromatic N) is 4. The number of hydrogen-bond acceptors (Lipinski definition) is 11. The Morgan fingerprint density at radius 2 is 1.86 bits per heavy atom. The first kappa shape index (κ1) is 34.1. The molecule has 0 spiro atoms. The lowest BCUT2D eigenvalue weighted by Gasteiger charge is -2.31. The molecule has 3 rings (SSSR count). The lowest BCUT2D eigenvalue weighted by Crippen LogP contribution is -2.46. The van der Waals surface area contributed by atoms with Crippen molar-refractivity contribution in [2.75, 3.05) is 37.2 Å². The molecule has 0 saturated heterocycles. The van der Waals surface area contributed by atoms with Crippen LogP contribution in [0.15, 0.2) is 6.33 Å². The monoisotopic (exact) mass is 612 g/mol. The zero-order chi connectivity index (χ0) is 30.5. The van der Waals surface area contributed by atoms with Crippen molar-refractivity contribution in [3.8, 4) is 0 Å². The van der Waals surface area contributed by atoms with Crippen molar-refractivity contribution in [3.05, 3.63) is 6.33 Å². The maximum atomic E-state index is 14.2. The minimum Gasteiger partial charge on any atom is -0.465 e. The number of imidazole rings is 1. The van der Waals surface area contributed by atoms with Crippen molar-refractivity contribution in [1.29, 1.82) is 0 Å². The fourth-order valence-corrected chi connectivity index (χ4v) is 6.43. The highest BCUT2D eigenvalue weighted by molar-refractivity contribution is 7.59. The summed E-state index contributed by atoms with van der Waals surface area (Å²) in [5.74, 6) is 0.283. The van der Waals surface area contributed by atoms with E-state index in [0.29, 0.717) is 55.6 Å². The van der Waals surface area contributed by atoms with Crippen LogP contribution < -0.4 is 21.2 Å². The van der Waals surface area contributed by atoms with Crippen LogP contribution in [0.2, 0.25) is 0 Å². The van der Waals surface area contributed by atoms with E-state index in [0.717, 1.165) is 38.5 Å². The molecule has 0 radical (unpaired) electrons. The number of nitrogen functional groups attached to an aromatic ring is 1. The average molecular weight is 613 g/mol. The number of esters is 1. The Morgan fingerprint density at radius 1 is 1.12 bits per heavy atom. The molecule has 2 heterocycles. The number of unbranched alkanes of at least 4 members (excludes halogenated alkanes) is 2. The van der Waals surface area contributed by atoms with Crippen LogP contribution in [-0.2, 0) is 30.1 Å². The van der Waals surface area contributed by atoms with E-state index in [1.807, 2.05) is 27.7 Å². The number of aliphatic hydroxyl groups is 1. The third-order valence-electron chi connectivity index (χ3n) is 6.89. The van der Waals surface area contributed by atoms with Gasteiger partial charge >= 0.3 is 5.97 Å². The molecule has 0 aromatic carbocycles. The number of aliphatic hydroxyl groups excluding tert-OH is 1. The van der Waals surface area contributed by atoms with E-state index >= 15 is 0 Å². The highest BCUT2D eigenvalue weighted by atomic mass is 31.2. The molecule has 2 aromatic rings. The molecule has 0 aliphatic heterocycles. The second-order valence-corrected chi connectivity index (χ2v) is 12.9. The normalized spacial score (nSPS) is 17.1. The van der Waals surface area contributed by atoms with Gasteiger partial charge in [0.15, 0.2) is 23.3 Å². The van der Waals surface area contributed by atoms with Crippen LogP contribution in [0.3, 0.4) is 0 Å². The summed E-state index contributed by atoms with van der Waals surface area (Å²) in [4.78, 5) is 25.8. The van der Waals surface area contributed by atoms with Gasteiger partial charge in [-0.1, -0.05) is 40.5 Å². The summed E-state index contributed by atoms with van der Waals surface area (Å²) in [5.41, 5.74) is 7.15. The quantitative estimate of drug-likeness (QED) is 0.0564. The highest BCUT2D eigenvalue weighted by Crippen LogP contribution is 2.39. The minimum atomic E-state index is -3.57. The summed E-state index contributed by atoms with van der Waals surface area (Å²) in [6.07, 6.45) is 6.57. The van der Waals surface area contributed by atoms with Crippen LogP contribution in [0.5, 0.6) is 0 Å². The van der Waals surface area contributed by atoms with Gasteiger partial charge in [-0.05, 0) is 38.5 Å².